The number of aryl methyl sites for hydroxylation is 1. The topological polar surface area (TPSA) is 81.4 Å². The third-order valence-electron chi connectivity index (χ3n) is 4.88. The second-order valence-corrected chi connectivity index (χ2v) is 8.72. The minimum Gasteiger partial charge on any atom is -0.497 e. The summed E-state index contributed by atoms with van der Waals surface area (Å²) >= 11 is 7.33. The van der Waals surface area contributed by atoms with Gasteiger partial charge < -0.3 is 4.74 Å². The quantitative estimate of drug-likeness (QED) is 0.209. The van der Waals surface area contributed by atoms with Gasteiger partial charge in [0, 0.05) is 16.3 Å². The van der Waals surface area contributed by atoms with Crippen molar-refractivity contribution in [3.05, 3.63) is 88.9 Å². The number of thioether (sulfide) groups is 1. The third kappa shape index (κ3) is 5.84. The average Bonchev–Trinajstić information content (AvgIpc) is 3.28. The maximum absolute atomic E-state index is 12.4. The molecule has 9 heteroatoms. The van der Waals surface area contributed by atoms with Crippen LogP contribution in [0.4, 0.5) is 0 Å². The van der Waals surface area contributed by atoms with E-state index in [1.807, 2.05) is 84.3 Å². The van der Waals surface area contributed by atoms with E-state index >= 15 is 0 Å². The Morgan fingerprint density at radius 2 is 1.76 bits per heavy atom. The van der Waals surface area contributed by atoms with E-state index in [0.717, 1.165) is 28.1 Å². The fourth-order valence-corrected chi connectivity index (χ4v) is 3.98. The van der Waals surface area contributed by atoms with E-state index in [1.165, 1.54) is 11.8 Å². The van der Waals surface area contributed by atoms with Gasteiger partial charge in [-0.15, -0.1) is 10.2 Å². The highest BCUT2D eigenvalue weighted by molar-refractivity contribution is 7.99. The van der Waals surface area contributed by atoms with Crippen molar-refractivity contribution < 1.29 is 9.53 Å². The minimum atomic E-state index is -0.249. The monoisotopic (exact) mass is 491 g/mol. The molecule has 0 aliphatic carbocycles. The predicted octanol–water partition coefficient (Wildman–Crippen LogP) is 5.15. The summed E-state index contributed by atoms with van der Waals surface area (Å²) < 4.78 is 7.06. The van der Waals surface area contributed by atoms with Crippen LogP contribution in [0.2, 0.25) is 5.02 Å². The van der Waals surface area contributed by atoms with E-state index in [-0.39, 0.29) is 11.7 Å². The van der Waals surface area contributed by atoms with Crippen LogP contribution in [-0.2, 0) is 4.79 Å². The van der Waals surface area contributed by atoms with Crippen molar-refractivity contribution >= 4 is 35.5 Å². The zero-order valence-corrected chi connectivity index (χ0v) is 20.2. The number of nitrogens with one attached hydrogen (secondary N) is 1. The van der Waals surface area contributed by atoms with Crippen LogP contribution in [0.15, 0.2) is 83.1 Å². The Morgan fingerprint density at radius 1 is 1.06 bits per heavy atom. The molecule has 0 spiro atoms. The van der Waals surface area contributed by atoms with Crippen LogP contribution in [0.3, 0.4) is 0 Å². The number of hydrazone groups is 1. The van der Waals surface area contributed by atoms with Gasteiger partial charge in [0.25, 0.3) is 5.91 Å². The lowest BCUT2D eigenvalue weighted by Crippen LogP contribution is -2.20. The van der Waals surface area contributed by atoms with Crippen LogP contribution in [0.1, 0.15) is 11.1 Å². The van der Waals surface area contributed by atoms with Crippen molar-refractivity contribution in [3.63, 3.8) is 0 Å². The van der Waals surface area contributed by atoms with Crippen molar-refractivity contribution in [2.45, 2.75) is 12.1 Å². The Labute approximate surface area is 206 Å². The largest absolute Gasteiger partial charge is 0.497 e. The first-order valence-corrected chi connectivity index (χ1v) is 11.8. The molecule has 0 aliphatic rings. The van der Waals surface area contributed by atoms with E-state index in [9.17, 15) is 4.79 Å². The predicted molar refractivity (Wildman–Crippen MR) is 136 cm³/mol. The Bertz CT molecular complexity index is 1290. The molecule has 1 N–H and O–H groups in total. The van der Waals surface area contributed by atoms with Gasteiger partial charge in [-0.05, 0) is 73.2 Å². The lowest BCUT2D eigenvalue weighted by Gasteiger charge is -2.10. The smallest absolute Gasteiger partial charge is 0.250 e. The normalized spacial score (nSPS) is 11.0. The summed E-state index contributed by atoms with van der Waals surface area (Å²) in [5, 5.41) is 14.0. The van der Waals surface area contributed by atoms with Gasteiger partial charge in [-0.1, -0.05) is 41.1 Å². The highest BCUT2D eigenvalue weighted by atomic mass is 35.5. The van der Waals surface area contributed by atoms with E-state index < -0.39 is 0 Å². The van der Waals surface area contributed by atoms with E-state index in [4.69, 9.17) is 16.3 Å². The third-order valence-corrected chi connectivity index (χ3v) is 6.06. The highest BCUT2D eigenvalue weighted by Gasteiger charge is 2.17. The number of carbonyl (C=O) groups excluding carboxylic acids is 1. The van der Waals surface area contributed by atoms with Crippen LogP contribution < -0.4 is 10.2 Å². The summed E-state index contributed by atoms with van der Waals surface area (Å²) in [7, 11) is 1.61. The van der Waals surface area contributed by atoms with Gasteiger partial charge in [-0.3, -0.25) is 9.36 Å². The maximum atomic E-state index is 12.4. The van der Waals surface area contributed by atoms with Crippen LogP contribution in [0.25, 0.3) is 17.1 Å². The zero-order valence-electron chi connectivity index (χ0n) is 18.6. The highest BCUT2D eigenvalue weighted by Crippen LogP contribution is 2.28. The summed E-state index contributed by atoms with van der Waals surface area (Å²) in [6, 6.07) is 22.8. The molecule has 0 unspecified atom stereocenters. The number of methoxy groups -OCH3 is 1. The average molecular weight is 492 g/mol. The number of aromatic nitrogens is 3. The zero-order chi connectivity index (χ0) is 23.9. The van der Waals surface area contributed by atoms with E-state index in [1.54, 1.807) is 13.3 Å². The summed E-state index contributed by atoms with van der Waals surface area (Å²) in [5.41, 5.74) is 6.32. The lowest BCUT2D eigenvalue weighted by atomic mass is 10.2. The molecule has 1 aromatic heterocycles. The molecule has 0 bridgehead atoms. The Hall–Kier alpha value is -3.62. The molecule has 0 aliphatic heterocycles. The molecule has 0 radical (unpaired) electrons. The second-order valence-electron chi connectivity index (χ2n) is 7.34. The molecule has 0 fully saturated rings. The fraction of sp³-hybridized carbons (Fsp3) is 0.120. The van der Waals surface area contributed by atoms with E-state index in [2.05, 4.69) is 20.7 Å². The van der Waals surface area contributed by atoms with Gasteiger partial charge in [0.15, 0.2) is 11.0 Å². The summed E-state index contributed by atoms with van der Waals surface area (Å²) in [6.07, 6.45) is 1.58. The molecule has 1 amide bonds. The molecule has 0 saturated carbocycles. The number of hydrogen-bond donors (Lipinski definition) is 1. The first-order chi connectivity index (χ1) is 16.5. The van der Waals surface area contributed by atoms with Gasteiger partial charge in [-0.2, -0.15) is 5.10 Å². The molecular formula is C25H22ClN5O2S. The molecule has 172 valence electrons. The van der Waals surface area contributed by atoms with Crippen molar-refractivity contribution in [2.75, 3.05) is 12.9 Å². The van der Waals surface area contributed by atoms with Crippen LogP contribution in [0, 0.1) is 6.92 Å². The van der Waals surface area contributed by atoms with Crippen LogP contribution >= 0.6 is 23.4 Å². The molecule has 0 saturated heterocycles. The number of hydrogen-bond acceptors (Lipinski definition) is 6. The molecule has 34 heavy (non-hydrogen) atoms. The van der Waals surface area contributed by atoms with Gasteiger partial charge in [0.2, 0.25) is 0 Å². The number of carbonyl (C=O) groups is 1. The Kier molecular flexibility index (Phi) is 7.61. The second kappa shape index (κ2) is 11.0. The van der Waals surface area contributed by atoms with Gasteiger partial charge in [0.05, 0.1) is 19.1 Å². The fourth-order valence-electron chi connectivity index (χ4n) is 3.11. The number of amides is 1. The minimum absolute atomic E-state index is 0.130. The molecule has 7 nitrogen and oxygen atoms in total. The van der Waals surface area contributed by atoms with Gasteiger partial charge in [-0.25, -0.2) is 5.43 Å². The van der Waals surface area contributed by atoms with Crippen molar-refractivity contribution in [1.29, 1.82) is 0 Å². The molecule has 3 aromatic carbocycles. The first-order valence-electron chi connectivity index (χ1n) is 10.4. The van der Waals surface area contributed by atoms with Crippen molar-refractivity contribution in [2.24, 2.45) is 5.10 Å². The Morgan fingerprint density at radius 3 is 2.44 bits per heavy atom. The molecule has 1 heterocycles. The SMILES string of the molecule is COc1ccc(C=NNC(=O)CSc2nnc(-c3ccc(Cl)cc3)n2-c2ccc(C)cc2)cc1. The Balaban J connectivity index is 1.48. The molecule has 4 rings (SSSR count). The number of benzene rings is 3. The lowest BCUT2D eigenvalue weighted by molar-refractivity contribution is -0.118. The van der Waals surface area contributed by atoms with Crippen molar-refractivity contribution in [3.8, 4) is 22.8 Å². The first kappa shape index (κ1) is 23.5. The number of rotatable bonds is 8. The standard InChI is InChI=1S/C25H22ClN5O2S/c1-17-3-11-21(12-4-17)31-24(19-7-9-20(26)10-8-19)29-30-25(31)34-16-23(32)28-27-15-18-5-13-22(33-2)14-6-18/h3-15H,16H2,1-2H3,(H,28,32). The summed E-state index contributed by atoms with van der Waals surface area (Å²) in [4.78, 5) is 12.4. The number of nitrogens with zero attached hydrogens (tertiary/aromatic N) is 4. The van der Waals surface area contributed by atoms with Crippen molar-refractivity contribution in [1.82, 2.24) is 20.2 Å². The van der Waals surface area contributed by atoms with Gasteiger partial charge in [0.1, 0.15) is 5.75 Å². The summed E-state index contributed by atoms with van der Waals surface area (Å²) in [5.74, 6) is 1.31. The molecule has 4 aromatic rings. The summed E-state index contributed by atoms with van der Waals surface area (Å²) in [6.45, 7) is 2.03. The van der Waals surface area contributed by atoms with Gasteiger partial charge >= 0.3 is 0 Å². The maximum Gasteiger partial charge on any atom is 0.250 e. The van der Waals surface area contributed by atoms with E-state index in [0.29, 0.717) is 16.0 Å². The number of halogens is 1. The molecule has 0 atom stereocenters. The number of ether oxygens (including phenoxy) is 1. The van der Waals surface area contributed by atoms with Crippen LogP contribution in [-0.4, -0.2) is 39.7 Å². The molecular weight excluding hydrogens is 470 g/mol. The van der Waals surface area contributed by atoms with Crippen LogP contribution in [0.5, 0.6) is 5.75 Å².